The van der Waals surface area contributed by atoms with Crippen LogP contribution < -0.4 is 10.1 Å². The first-order valence-electron chi connectivity index (χ1n) is 6.38. The van der Waals surface area contributed by atoms with Crippen LogP contribution in [0.15, 0.2) is 46.9 Å². The van der Waals surface area contributed by atoms with Crippen molar-refractivity contribution in [3.8, 4) is 5.75 Å². The normalized spacial score (nSPS) is 9.95. The molecule has 0 aliphatic rings. The first kappa shape index (κ1) is 16.0. The van der Waals surface area contributed by atoms with Gasteiger partial charge < -0.3 is 14.8 Å². The second kappa shape index (κ2) is 7.09. The molecule has 0 saturated carbocycles. The van der Waals surface area contributed by atoms with Gasteiger partial charge in [-0.3, -0.25) is 4.79 Å². The second-order valence-electron chi connectivity index (χ2n) is 4.37. The van der Waals surface area contributed by atoms with Crippen molar-refractivity contribution in [3.63, 3.8) is 0 Å². The van der Waals surface area contributed by atoms with Crippen molar-refractivity contribution in [2.24, 2.45) is 0 Å². The molecule has 5 nitrogen and oxygen atoms in total. The van der Waals surface area contributed by atoms with E-state index in [1.807, 2.05) is 0 Å². The summed E-state index contributed by atoms with van der Waals surface area (Å²) >= 11 is 3.32. The van der Waals surface area contributed by atoms with Gasteiger partial charge in [0.15, 0.2) is 0 Å². The van der Waals surface area contributed by atoms with Gasteiger partial charge in [0.2, 0.25) is 0 Å². The maximum Gasteiger partial charge on any atom is 0.337 e. The van der Waals surface area contributed by atoms with Crippen LogP contribution in [-0.4, -0.2) is 26.1 Å². The lowest BCUT2D eigenvalue weighted by molar-refractivity contribution is 0.0600. The molecule has 0 saturated heterocycles. The maximum absolute atomic E-state index is 12.3. The van der Waals surface area contributed by atoms with Gasteiger partial charge in [0.1, 0.15) is 5.75 Å². The fourth-order valence-corrected chi connectivity index (χ4v) is 2.23. The average molecular weight is 364 g/mol. The summed E-state index contributed by atoms with van der Waals surface area (Å²) in [6.07, 6.45) is 0. The topological polar surface area (TPSA) is 64.6 Å². The van der Waals surface area contributed by atoms with Crippen molar-refractivity contribution < 1.29 is 19.1 Å². The number of ether oxygens (including phenoxy) is 2. The third-order valence-electron chi connectivity index (χ3n) is 2.95. The van der Waals surface area contributed by atoms with Gasteiger partial charge in [0.25, 0.3) is 5.91 Å². The Morgan fingerprint density at radius 1 is 1.09 bits per heavy atom. The summed E-state index contributed by atoms with van der Waals surface area (Å²) in [5, 5.41) is 2.73. The van der Waals surface area contributed by atoms with E-state index in [-0.39, 0.29) is 5.91 Å². The van der Waals surface area contributed by atoms with E-state index in [0.29, 0.717) is 22.6 Å². The third-order valence-corrected chi connectivity index (χ3v) is 3.44. The Kier molecular flexibility index (Phi) is 5.16. The molecule has 0 heterocycles. The summed E-state index contributed by atoms with van der Waals surface area (Å²) in [7, 11) is 2.80. The summed E-state index contributed by atoms with van der Waals surface area (Å²) in [6, 6.07) is 11.6. The number of methoxy groups -OCH3 is 2. The molecule has 0 radical (unpaired) electrons. The largest absolute Gasteiger partial charge is 0.496 e. The van der Waals surface area contributed by atoms with Crippen LogP contribution in [0.25, 0.3) is 0 Å². The van der Waals surface area contributed by atoms with Crippen LogP contribution in [0.4, 0.5) is 5.69 Å². The highest BCUT2D eigenvalue weighted by molar-refractivity contribution is 9.10. The molecule has 2 aromatic carbocycles. The minimum atomic E-state index is -0.461. The van der Waals surface area contributed by atoms with Gasteiger partial charge in [-0.1, -0.05) is 22.0 Å². The van der Waals surface area contributed by atoms with Crippen molar-refractivity contribution in [2.45, 2.75) is 0 Å². The van der Waals surface area contributed by atoms with Crippen molar-refractivity contribution in [3.05, 3.63) is 58.1 Å². The Bertz CT molecular complexity index is 715. The van der Waals surface area contributed by atoms with Crippen LogP contribution in [0.1, 0.15) is 20.7 Å². The number of anilines is 1. The molecule has 22 heavy (non-hydrogen) atoms. The number of nitrogens with one attached hydrogen (secondary N) is 1. The molecule has 0 unspecified atom stereocenters. The number of halogens is 1. The molecular formula is C16H14BrNO4. The molecule has 0 aliphatic heterocycles. The van der Waals surface area contributed by atoms with Crippen molar-refractivity contribution in [1.82, 2.24) is 0 Å². The molecular weight excluding hydrogens is 350 g/mol. The summed E-state index contributed by atoms with van der Waals surface area (Å²) in [6.45, 7) is 0. The molecule has 0 bridgehead atoms. The minimum absolute atomic E-state index is 0.327. The van der Waals surface area contributed by atoms with Crippen LogP contribution in [-0.2, 0) is 4.74 Å². The monoisotopic (exact) mass is 363 g/mol. The molecule has 0 aliphatic carbocycles. The Hall–Kier alpha value is -2.34. The zero-order valence-corrected chi connectivity index (χ0v) is 13.6. The number of carbonyl (C=O) groups excluding carboxylic acids is 2. The van der Waals surface area contributed by atoms with E-state index in [0.717, 1.165) is 4.47 Å². The van der Waals surface area contributed by atoms with Gasteiger partial charge in [-0.2, -0.15) is 0 Å². The van der Waals surface area contributed by atoms with Crippen molar-refractivity contribution >= 4 is 33.5 Å². The Balaban J connectivity index is 2.24. The Labute approximate surface area is 136 Å². The molecule has 0 fully saturated rings. The first-order valence-corrected chi connectivity index (χ1v) is 7.17. The van der Waals surface area contributed by atoms with Crippen LogP contribution in [0.5, 0.6) is 5.75 Å². The quantitative estimate of drug-likeness (QED) is 0.844. The lowest BCUT2D eigenvalue weighted by atomic mass is 10.1. The van der Waals surface area contributed by atoms with E-state index >= 15 is 0 Å². The molecule has 1 amide bonds. The summed E-state index contributed by atoms with van der Waals surface area (Å²) < 4.78 is 10.7. The number of esters is 1. The number of carbonyl (C=O) groups is 2. The average Bonchev–Trinajstić information content (AvgIpc) is 2.54. The summed E-state index contributed by atoms with van der Waals surface area (Å²) in [5.41, 5.74) is 1.26. The standard InChI is InChI=1S/C16H14BrNO4/c1-21-14-9-11(17)6-7-13(14)15(19)18-12-5-3-4-10(8-12)16(20)22-2/h3-9H,1-2H3,(H,18,19). The number of amides is 1. The number of benzene rings is 2. The number of hydrogen-bond acceptors (Lipinski definition) is 4. The Morgan fingerprint density at radius 3 is 2.55 bits per heavy atom. The van der Waals surface area contributed by atoms with E-state index in [1.165, 1.54) is 14.2 Å². The molecule has 0 aromatic heterocycles. The molecule has 2 rings (SSSR count). The molecule has 2 aromatic rings. The highest BCUT2D eigenvalue weighted by atomic mass is 79.9. The molecule has 1 N–H and O–H groups in total. The molecule has 114 valence electrons. The zero-order valence-electron chi connectivity index (χ0n) is 12.1. The molecule has 0 spiro atoms. The van der Waals surface area contributed by atoms with Crippen molar-refractivity contribution in [1.29, 1.82) is 0 Å². The van der Waals surface area contributed by atoms with Gasteiger partial charge in [-0.25, -0.2) is 4.79 Å². The Morgan fingerprint density at radius 2 is 1.86 bits per heavy atom. The highest BCUT2D eigenvalue weighted by Gasteiger charge is 2.14. The summed E-state index contributed by atoms with van der Waals surface area (Å²) in [5.74, 6) is -0.334. The van der Waals surface area contributed by atoms with E-state index in [9.17, 15) is 9.59 Å². The molecule has 6 heteroatoms. The number of rotatable bonds is 4. The van der Waals surface area contributed by atoms with Gasteiger partial charge >= 0.3 is 5.97 Å². The SMILES string of the molecule is COC(=O)c1cccc(NC(=O)c2ccc(Br)cc2OC)c1. The smallest absolute Gasteiger partial charge is 0.337 e. The third kappa shape index (κ3) is 3.65. The fraction of sp³-hybridized carbons (Fsp3) is 0.125. The van der Waals surface area contributed by atoms with E-state index in [2.05, 4.69) is 26.0 Å². The van der Waals surface area contributed by atoms with E-state index < -0.39 is 5.97 Å². The van der Waals surface area contributed by atoms with Gasteiger partial charge in [-0.05, 0) is 36.4 Å². The van der Waals surface area contributed by atoms with Crippen LogP contribution in [0, 0.1) is 0 Å². The van der Waals surface area contributed by atoms with Crippen LogP contribution in [0.3, 0.4) is 0 Å². The molecule has 0 atom stereocenters. The fourth-order valence-electron chi connectivity index (χ4n) is 1.89. The minimum Gasteiger partial charge on any atom is -0.496 e. The first-order chi connectivity index (χ1) is 10.5. The van der Waals surface area contributed by atoms with Gasteiger partial charge in [-0.15, -0.1) is 0 Å². The predicted octanol–water partition coefficient (Wildman–Crippen LogP) is 3.50. The second-order valence-corrected chi connectivity index (χ2v) is 5.29. The van der Waals surface area contributed by atoms with Gasteiger partial charge in [0, 0.05) is 10.2 Å². The lowest BCUT2D eigenvalue weighted by Crippen LogP contribution is -2.13. The van der Waals surface area contributed by atoms with Crippen LogP contribution in [0.2, 0.25) is 0 Å². The van der Waals surface area contributed by atoms with E-state index in [4.69, 9.17) is 4.74 Å². The number of hydrogen-bond donors (Lipinski definition) is 1. The summed E-state index contributed by atoms with van der Waals surface area (Å²) in [4.78, 5) is 23.8. The maximum atomic E-state index is 12.3. The van der Waals surface area contributed by atoms with Crippen molar-refractivity contribution in [2.75, 3.05) is 19.5 Å². The highest BCUT2D eigenvalue weighted by Crippen LogP contribution is 2.24. The van der Waals surface area contributed by atoms with Crippen LogP contribution >= 0.6 is 15.9 Å². The van der Waals surface area contributed by atoms with E-state index in [1.54, 1.807) is 42.5 Å². The zero-order chi connectivity index (χ0) is 16.1. The van der Waals surface area contributed by atoms with Gasteiger partial charge in [0.05, 0.1) is 25.3 Å². The lowest BCUT2D eigenvalue weighted by Gasteiger charge is -2.10. The predicted molar refractivity (Wildman–Crippen MR) is 86.4 cm³/mol.